The summed E-state index contributed by atoms with van der Waals surface area (Å²) in [5.41, 5.74) is 2.88. The van der Waals surface area contributed by atoms with Crippen molar-refractivity contribution in [2.24, 2.45) is 5.10 Å². The molecule has 40 heavy (non-hydrogen) atoms. The van der Waals surface area contributed by atoms with E-state index < -0.39 is 0 Å². The number of carbonyl (C=O) groups excluding carboxylic acids is 1. The molecule has 1 amide bonds. The summed E-state index contributed by atoms with van der Waals surface area (Å²) in [7, 11) is 0. The Morgan fingerprint density at radius 3 is 2.58 bits per heavy atom. The highest BCUT2D eigenvalue weighted by Gasteiger charge is 2.15. The zero-order chi connectivity index (χ0) is 28.6. The fraction of sp³-hybridized carbons (Fsp3) is 0.267. The SMILES string of the molecule is CCCCc1nc2ccc(Br)cc2c(=O)n1N=Cc1cc(Br)c(OCC(=O)Nc2ccc(C)cc2)c(OCC)c1. The lowest BCUT2D eigenvalue weighted by molar-refractivity contribution is -0.118. The molecule has 8 nitrogen and oxygen atoms in total. The Balaban J connectivity index is 1.60. The molecule has 1 aromatic heterocycles. The maximum Gasteiger partial charge on any atom is 0.282 e. The Bertz CT molecular complexity index is 1600. The van der Waals surface area contributed by atoms with Crippen molar-refractivity contribution in [1.29, 1.82) is 0 Å². The van der Waals surface area contributed by atoms with Gasteiger partial charge in [-0.1, -0.05) is 47.0 Å². The highest BCUT2D eigenvalue weighted by atomic mass is 79.9. The van der Waals surface area contributed by atoms with Gasteiger partial charge in [-0.3, -0.25) is 9.59 Å². The molecular weight excluding hydrogens is 640 g/mol. The smallest absolute Gasteiger partial charge is 0.282 e. The summed E-state index contributed by atoms with van der Waals surface area (Å²) in [6, 6.07) is 16.5. The van der Waals surface area contributed by atoms with E-state index in [1.54, 1.807) is 24.4 Å². The fourth-order valence-corrected chi connectivity index (χ4v) is 4.91. The van der Waals surface area contributed by atoms with Crippen LogP contribution in [0.2, 0.25) is 0 Å². The molecule has 0 saturated heterocycles. The molecule has 0 atom stereocenters. The van der Waals surface area contributed by atoms with E-state index in [-0.39, 0.29) is 18.1 Å². The van der Waals surface area contributed by atoms with Crippen LogP contribution in [0.25, 0.3) is 10.9 Å². The highest BCUT2D eigenvalue weighted by molar-refractivity contribution is 9.10. The molecule has 0 radical (unpaired) electrons. The molecule has 4 aromatic rings. The molecule has 208 valence electrons. The molecule has 0 bridgehead atoms. The second-order valence-corrected chi connectivity index (χ2v) is 10.9. The second-order valence-electron chi connectivity index (χ2n) is 9.12. The van der Waals surface area contributed by atoms with Crippen LogP contribution in [0.3, 0.4) is 0 Å². The largest absolute Gasteiger partial charge is 0.490 e. The van der Waals surface area contributed by atoms with E-state index in [1.165, 1.54) is 4.68 Å². The van der Waals surface area contributed by atoms with Gasteiger partial charge in [-0.05, 0) is 84.2 Å². The van der Waals surface area contributed by atoms with Crippen molar-refractivity contribution in [3.05, 3.63) is 90.8 Å². The summed E-state index contributed by atoms with van der Waals surface area (Å²) in [5, 5.41) is 7.83. The molecular formula is C30H30Br2N4O4. The summed E-state index contributed by atoms with van der Waals surface area (Å²) >= 11 is 6.97. The van der Waals surface area contributed by atoms with Crippen LogP contribution in [0, 0.1) is 6.92 Å². The van der Waals surface area contributed by atoms with Crippen molar-refractivity contribution >= 4 is 60.6 Å². The Morgan fingerprint density at radius 1 is 1.07 bits per heavy atom. The van der Waals surface area contributed by atoms with Crippen molar-refractivity contribution in [2.75, 3.05) is 18.5 Å². The lowest BCUT2D eigenvalue weighted by Crippen LogP contribution is -2.22. The molecule has 0 aliphatic rings. The molecule has 0 unspecified atom stereocenters. The summed E-state index contributed by atoms with van der Waals surface area (Å²) in [4.78, 5) is 30.6. The van der Waals surface area contributed by atoms with Crippen LogP contribution < -0.4 is 20.3 Å². The van der Waals surface area contributed by atoms with Crippen molar-refractivity contribution in [3.8, 4) is 11.5 Å². The van der Waals surface area contributed by atoms with Crippen molar-refractivity contribution in [3.63, 3.8) is 0 Å². The molecule has 10 heteroatoms. The molecule has 0 fully saturated rings. The monoisotopic (exact) mass is 668 g/mol. The number of ether oxygens (including phenoxy) is 2. The maximum absolute atomic E-state index is 13.4. The van der Waals surface area contributed by atoms with Gasteiger partial charge in [-0.15, -0.1) is 0 Å². The van der Waals surface area contributed by atoms with Gasteiger partial charge < -0.3 is 14.8 Å². The van der Waals surface area contributed by atoms with E-state index in [2.05, 4.69) is 49.2 Å². The average molecular weight is 670 g/mol. The molecule has 1 N–H and O–H groups in total. The van der Waals surface area contributed by atoms with Gasteiger partial charge in [0, 0.05) is 16.6 Å². The molecule has 0 spiro atoms. The van der Waals surface area contributed by atoms with Gasteiger partial charge in [0.05, 0.1) is 28.2 Å². The van der Waals surface area contributed by atoms with Gasteiger partial charge in [-0.2, -0.15) is 9.78 Å². The number of halogens is 2. The predicted octanol–water partition coefficient (Wildman–Crippen LogP) is 6.87. The first kappa shape index (κ1) is 29.5. The van der Waals surface area contributed by atoms with Crippen molar-refractivity contribution in [1.82, 2.24) is 9.66 Å². The number of unbranched alkanes of at least 4 members (excludes halogenated alkanes) is 1. The van der Waals surface area contributed by atoms with Crippen LogP contribution in [-0.4, -0.2) is 35.0 Å². The minimum Gasteiger partial charge on any atom is -0.490 e. The fourth-order valence-electron chi connectivity index (χ4n) is 3.97. The number of carbonyl (C=O) groups is 1. The van der Waals surface area contributed by atoms with Gasteiger partial charge in [0.15, 0.2) is 18.1 Å². The number of nitrogens with zero attached hydrogens (tertiary/aromatic N) is 3. The third-order valence-electron chi connectivity index (χ3n) is 5.97. The minimum atomic E-state index is -0.293. The highest BCUT2D eigenvalue weighted by Crippen LogP contribution is 2.36. The summed E-state index contributed by atoms with van der Waals surface area (Å²) in [6.45, 7) is 6.13. The van der Waals surface area contributed by atoms with E-state index in [0.29, 0.717) is 57.0 Å². The molecule has 0 aliphatic carbocycles. The number of nitrogens with one attached hydrogen (secondary N) is 1. The van der Waals surface area contributed by atoms with Gasteiger partial charge in [-0.25, -0.2) is 4.98 Å². The number of hydrogen-bond donors (Lipinski definition) is 1. The number of hydrogen-bond acceptors (Lipinski definition) is 6. The number of amides is 1. The van der Waals surface area contributed by atoms with Gasteiger partial charge >= 0.3 is 0 Å². The Morgan fingerprint density at radius 2 is 1.85 bits per heavy atom. The number of fused-ring (bicyclic) bond motifs is 1. The summed E-state index contributed by atoms with van der Waals surface area (Å²) < 4.78 is 14.4. The van der Waals surface area contributed by atoms with Gasteiger partial charge in [0.2, 0.25) is 0 Å². The number of rotatable bonds is 11. The third-order valence-corrected chi connectivity index (χ3v) is 7.05. The van der Waals surface area contributed by atoms with Crippen LogP contribution in [0.1, 0.15) is 43.6 Å². The van der Waals surface area contributed by atoms with E-state index >= 15 is 0 Å². The van der Waals surface area contributed by atoms with Crippen molar-refractivity contribution < 1.29 is 14.3 Å². The quantitative estimate of drug-likeness (QED) is 0.176. The van der Waals surface area contributed by atoms with E-state index in [4.69, 9.17) is 14.5 Å². The first-order chi connectivity index (χ1) is 19.3. The first-order valence-electron chi connectivity index (χ1n) is 13.0. The van der Waals surface area contributed by atoms with E-state index in [1.807, 2.05) is 50.2 Å². The maximum atomic E-state index is 13.4. The minimum absolute atomic E-state index is 0.200. The number of aryl methyl sites for hydroxylation is 2. The predicted molar refractivity (Wildman–Crippen MR) is 166 cm³/mol. The Labute approximate surface area is 249 Å². The zero-order valence-electron chi connectivity index (χ0n) is 22.5. The van der Waals surface area contributed by atoms with Crippen LogP contribution in [0.15, 0.2) is 73.4 Å². The lowest BCUT2D eigenvalue weighted by atomic mass is 10.2. The van der Waals surface area contributed by atoms with E-state index in [0.717, 1.165) is 22.9 Å². The number of anilines is 1. The Kier molecular flexibility index (Phi) is 10.1. The van der Waals surface area contributed by atoms with Gasteiger partial charge in [0.1, 0.15) is 5.82 Å². The number of aromatic nitrogens is 2. The van der Waals surface area contributed by atoms with E-state index in [9.17, 15) is 9.59 Å². The standard InChI is InChI=1S/C30H30Br2N4O4/c1-4-6-7-27-35-25-13-10-21(31)16-23(25)30(38)36(27)33-17-20-14-24(32)29(26(15-20)39-5-2)40-18-28(37)34-22-11-8-19(3)9-12-22/h8-17H,4-7,18H2,1-3H3,(H,34,37). The van der Waals surface area contributed by atoms with Crippen LogP contribution in [0.5, 0.6) is 11.5 Å². The summed E-state index contributed by atoms with van der Waals surface area (Å²) in [5.74, 6) is 1.15. The molecule has 0 aliphatic heterocycles. The van der Waals surface area contributed by atoms with Gasteiger partial charge in [0.25, 0.3) is 11.5 Å². The topological polar surface area (TPSA) is 94.8 Å². The normalized spacial score (nSPS) is 11.2. The molecule has 4 rings (SSSR count). The zero-order valence-corrected chi connectivity index (χ0v) is 25.7. The van der Waals surface area contributed by atoms with Crippen LogP contribution >= 0.6 is 31.9 Å². The Hall–Kier alpha value is -3.50. The molecule has 1 heterocycles. The number of benzene rings is 3. The van der Waals surface area contributed by atoms with Crippen LogP contribution in [-0.2, 0) is 11.2 Å². The first-order valence-corrected chi connectivity index (χ1v) is 14.6. The lowest BCUT2D eigenvalue weighted by Gasteiger charge is -2.15. The molecule has 3 aromatic carbocycles. The summed E-state index contributed by atoms with van der Waals surface area (Å²) in [6.07, 6.45) is 4.06. The second kappa shape index (κ2) is 13.7. The van der Waals surface area contributed by atoms with Crippen LogP contribution in [0.4, 0.5) is 5.69 Å². The average Bonchev–Trinajstić information content (AvgIpc) is 2.93. The van der Waals surface area contributed by atoms with Crippen molar-refractivity contribution in [2.45, 2.75) is 40.0 Å². The molecule has 0 saturated carbocycles. The third kappa shape index (κ3) is 7.37.